The molecular weight excluding hydrogens is 296 g/mol. The van der Waals surface area contributed by atoms with Gasteiger partial charge in [0.1, 0.15) is 11.6 Å². The van der Waals surface area contributed by atoms with E-state index in [1.165, 1.54) is 19.1 Å². The normalized spacial score (nSPS) is 15.2. The zero-order valence-electron chi connectivity index (χ0n) is 13.2. The lowest BCUT2D eigenvalue weighted by molar-refractivity contribution is -0.115. The molecule has 0 radical (unpaired) electrons. The van der Waals surface area contributed by atoms with Gasteiger partial charge in [0, 0.05) is 6.07 Å². The monoisotopic (exact) mass is 316 g/mol. The van der Waals surface area contributed by atoms with Crippen molar-refractivity contribution in [2.45, 2.75) is 32.7 Å². The van der Waals surface area contributed by atoms with Gasteiger partial charge in [0.15, 0.2) is 0 Å². The molecule has 0 bridgehead atoms. The van der Waals surface area contributed by atoms with E-state index in [0.29, 0.717) is 23.1 Å². The number of amides is 2. The zero-order chi connectivity index (χ0) is 16.4. The van der Waals surface area contributed by atoms with E-state index in [1.807, 2.05) is 4.68 Å². The van der Waals surface area contributed by atoms with Crippen LogP contribution in [0.25, 0.3) is 0 Å². The van der Waals surface area contributed by atoms with Gasteiger partial charge in [0.2, 0.25) is 5.91 Å². The van der Waals surface area contributed by atoms with Gasteiger partial charge >= 0.3 is 0 Å². The van der Waals surface area contributed by atoms with Crippen molar-refractivity contribution in [1.29, 1.82) is 0 Å². The van der Waals surface area contributed by atoms with Crippen LogP contribution in [0.4, 0.5) is 5.82 Å². The van der Waals surface area contributed by atoms with Crippen LogP contribution in [0.5, 0.6) is 0 Å². The number of aromatic nitrogens is 2. The summed E-state index contributed by atoms with van der Waals surface area (Å²) >= 11 is 0. The number of anilines is 1. The number of carbonyl (C=O) groups excluding carboxylic acids is 2. The average molecular weight is 316 g/mol. The van der Waals surface area contributed by atoms with E-state index in [-0.39, 0.29) is 24.4 Å². The molecule has 2 amide bonds. The smallest absolute Gasteiger partial charge is 0.255 e. The van der Waals surface area contributed by atoms with Gasteiger partial charge in [-0.25, -0.2) is 4.68 Å². The van der Waals surface area contributed by atoms with Crippen LogP contribution in [-0.4, -0.2) is 28.1 Å². The van der Waals surface area contributed by atoms with Crippen LogP contribution in [0.3, 0.4) is 0 Å². The highest BCUT2D eigenvalue weighted by Gasteiger charge is 2.30. The topological polar surface area (TPSA) is 89.2 Å². The Balaban J connectivity index is 1.55. The number of nitrogens with one attached hydrogen (secondary N) is 2. The van der Waals surface area contributed by atoms with E-state index < -0.39 is 0 Å². The van der Waals surface area contributed by atoms with E-state index in [1.54, 1.807) is 25.3 Å². The number of hydrogen-bond acceptors (Lipinski definition) is 4. The van der Waals surface area contributed by atoms with Crippen LogP contribution < -0.4 is 10.6 Å². The maximum Gasteiger partial charge on any atom is 0.255 e. The number of nitrogens with zero attached hydrogens (tertiary/aromatic N) is 2. The van der Waals surface area contributed by atoms with Gasteiger partial charge in [-0.2, -0.15) is 5.10 Å². The molecule has 3 rings (SSSR count). The zero-order valence-corrected chi connectivity index (χ0v) is 13.2. The van der Waals surface area contributed by atoms with Crippen molar-refractivity contribution in [3.8, 4) is 0 Å². The maximum atomic E-state index is 12.0. The van der Waals surface area contributed by atoms with Crippen molar-refractivity contribution in [3.63, 3.8) is 0 Å². The summed E-state index contributed by atoms with van der Waals surface area (Å²) in [5.41, 5.74) is 0.435. The predicted octanol–water partition coefficient (Wildman–Crippen LogP) is 2.12. The second kappa shape index (κ2) is 6.28. The Hall–Kier alpha value is -2.57. The van der Waals surface area contributed by atoms with Crippen molar-refractivity contribution in [1.82, 2.24) is 15.1 Å². The summed E-state index contributed by atoms with van der Waals surface area (Å²) in [6, 6.07) is 3.61. The van der Waals surface area contributed by atoms with Gasteiger partial charge in [-0.1, -0.05) is 0 Å². The highest BCUT2D eigenvalue weighted by atomic mass is 16.3. The quantitative estimate of drug-likeness (QED) is 0.854. The van der Waals surface area contributed by atoms with Crippen molar-refractivity contribution < 1.29 is 14.0 Å². The fourth-order valence-corrected chi connectivity index (χ4v) is 2.58. The fourth-order valence-electron chi connectivity index (χ4n) is 2.58. The predicted molar refractivity (Wildman–Crippen MR) is 84.1 cm³/mol. The summed E-state index contributed by atoms with van der Waals surface area (Å²) in [4.78, 5) is 24.0. The lowest BCUT2D eigenvalue weighted by Crippen LogP contribution is -2.33. The van der Waals surface area contributed by atoms with Gasteiger partial charge in [0.25, 0.3) is 5.91 Å². The number of hydrogen-bond donors (Lipinski definition) is 2. The molecule has 2 aromatic heterocycles. The van der Waals surface area contributed by atoms with Crippen LogP contribution in [0, 0.1) is 12.8 Å². The molecule has 1 saturated carbocycles. The van der Waals surface area contributed by atoms with E-state index in [0.717, 1.165) is 0 Å². The lowest BCUT2D eigenvalue weighted by atomic mass is 10.2. The molecule has 1 aliphatic rings. The molecule has 1 fully saturated rings. The Kier molecular flexibility index (Phi) is 4.18. The molecular formula is C16H20N4O3. The van der Waals surface area contributed by atoms with Gasteiger partial charge < -0.3 is 15.1 Å². The van der Waals surface area contributed by atoms with E-state index in [4.69, 9.17) is 4.42 Å². The molecule has 2 N–H and O–H groups in total. The van der Waals surface area contributed by atoms with Crippen LogP contribution in [0.15, 0.2) is 29.0 Å². The molecule has 2 heterocycles. The van der Waals surface area contributed by atoms with Gasteiger partial charge in [-0.05, 0) is 38.7 Å². The van der Waals surface area contributed by atoms with E-state index >= 15 is 0 Å². The molecule has 1 unspecified atom stereocenters. The summed E-state index contributed by atoms with van der Waals surface area (Å²) in [5, 5.41) is 9.65. The number of aryl methyl sites for hydroxylation is 1. The number of furan rings is 1. The van der Waals surface area contributed by atoms with E-state index in [9.17, 15) is 9.59 Å². The average Bonchev–Trinajstić information content (AvgIpc) is 3.14. The maximum absolute atomic E-state index is 12.0. The third kappa shape index (κ3) is 3.44. The first kappa shape index (κ1) is 15.3. The van der Waals surface area contributed by atoms with Crippen LogP contribution >= 0.6 is 0 Å². The molecule has 7 heteroatoms. The van der Waals surface area contributed by atoms with Crippen molar-refractivity contribution >= 4 is 17.6 Å². The van der Waals surface area contributed by atoms with Gasteiger partial charge in [-0.15, -0.1) is 0 Å². The van der Waals surface area contributed by atoms with Crippen molar-refractivity contribution in [3.05, 3.63) is 35.9 Å². The SMILES string of the molecule is Cc1occc1C(=O)NCC(=O)Nc1ccnn1C(C)C1CC1. The molecule has 1 atom stereocenters. The minimum absolute atomic E-state index is 0.105. The number of carbonyl (C=O) groups is 2. The van der Waals surface area contributed by atoms with Crippen molar-refractivity contribution in [2.75, 3.05) is 11.9 Å². The molecule has 0 saturated heterocycles. The molecule has 7 nitrogen and oxygen atoms in total. The summed E-state index contributed by atoms with van der Waals surface area (Å²) in [5.74, 6) is 1.20. The molecule has 1 aliphatic carbocycles. The van der Waals surface area contributed by atoms with Crippen LogP contribution in [0.2, 0.25) is 0 Å². The minimum atomic E-state index is -0.328. The second-order valence-electron chi connectivity index (χ2n) is 5.86. The minimum Gasteiger partial charge on any atom is -0.469 e. The Morgan fingerprint density at radius 2 is 2.22 bits per heavy atom. The number of rotatable bonds is 6. The van der Waals surface area contributed by atoms with Gasteiger partial charge in [-0.3, -0.25) is 9.59 Å². The molecule has 0 aliphatic heterocycles. The Bertz CT molecular complexity index is 714. The highest BCUT2D eigenvalue weighted by molar-refractivity contribution is 5.99. The first-order valence-electron chi connectivity index (χ1n) is 7.72. The first-order valence-corrected chi connectivity index (χ1v) is 7.72. The Morgan fingerprint density at radius 3 is 2.87 bits per heavy atom. The summed E-state index contributed by atoms with van der Waals surface area (Å²) in [6.07, 6.45) is 5.52. The highest BCUT2D eigenvalue weighted by Crippen LogP contribution is 2.40. The van der Waals surface area contributed by atoms with Crippen molar-refractivity contribution in [2.24, 2.45) is 5.92 Å². The van der Waals surface area contributed by atoms with E-state index in [2.05, 4.69) is 22.7 Å². The molecule has 2 aromatic rings. The van der Waals surface area contributed by atoms with Gasteiger partial charge in [0.05, 0.1) is 30.6 Å². The molecule has 23 heavy (non-hydrogen) atoms. The molecule has 0 spiro atoms. The lowest BCUT2D eigenvalue weighted by Gasteiger charge is -2.15. The van der Waals surface area contributed by atoms with Crippen LogP contribution in [-0.2, 0) is 4.79 Å². The fraction of sp³-hybridized carbons (Fsp3) is 0.438. The molecule has 122 valence electrons. The third-order valence-electron chi connectivity index (χ3n) is 4.14. The summed E-state index contributed by atoms with van der Waals surface area (Å²) in [7, 11) is 0. The summed E-state index contributed by atoms with van der Waals surface area (Å²) in [6.45, 7) is 3.70. The largest absolute Gasteiger partial charge is 0.469 e. The third-order valence-corrected chi connectivity index (χ3v) is 4.14. The summed E-state index contributed by atoms with van der Waals surface area (Å²) < 4.78 is 6.91. The Morgan fingerprint density at radius 1 is 1.43 bits per heavy atom. The van der Waals surface area contributed by atoms with Crippen LogP contribution in [0.1, 0.15) is 41.9 Å². The second-order valence-corrected chi connectivity index (χ2v) is 5.86. The molecule has 0 aromatic carbocycles. The standard InChI is InChI=1S/C16H20N4O3/c1-10(12-3-4-12)20-14(5-7-18-20)19-15(21)9-17-16(22)13-6-8-23-11(13)2/h5-8,10,12H,3-4,9H2,1-2H3,(H,17,22)(H,19,21). The first-order chi connectivity index (χ1) is 11.1. The Labute approximate surface area is 134 Å².